The van der Waals surface area contributed by atoms with Gasteiger partial charge in [0.1, 0.15) is 5.75 Å². The van der Waals surface area contributed by atoms with Gasteiger partial charge in [0.2, 0.25) is 0 Å². The Bertz CT molecular complexity index is 409. The average Bonchev–Trinajstić information content (AvgIpc) is 2.42. The van der Waals surface area contributed by atoms with Gasteiger partial charge in [-0.2, -0.15) is 0 Å². The predicted molar refractivity (Wildman–Crippen MR) is 74.7 cm³/mol. The Morgan fingerprint density at radius 1 is 1.53 bits per heavy atom. The quantitative estimate of drug-likeness (QED) is 0.744. The summed E-state index contributed by atoms with van der Waals surface area (Å²) in [6, 6.07) is 8.26. The third-order valence-electron chi connectivity index (χ3n) is 3.20. The van der Waals surface area contributed by atoms with Crippen molar-refractivity contribution in [1.82, 2.24) is 10.2 Å². The topological polar surface area (TPSA) is 61.8 Å². The molecule has 19 heavy (non-hydrogen) atoms. The van der Waals surface area contributed by atoms with Crippen molar-refractivity contribution in [3.8, 4) is 5.75 Å². The van der Waals surface area contributed by atoms with Gasteiger partial charge in [0.05, 0.1) is 7.11 Å². The van der Waals surface area contributed by atoms with Gasteiger partial charge in [0.25, 0.3) is 0 Å². The zero-order chi connectivity index (χ0) is 14.3. The van der Waals surface area contributed by atoms with Crippen molar-refractivity contribution in [2.45, 2.75) is 19.4 Å². The number of hydrogen-bond acceptors (Lipinski definition) is 3. The first kappa shape index (κ1) is 15.3. The minimum absolute atomic E-state index is 0.264. The Morgan fingerprint density at radius 3 is 2.89 bits per heavy atom. The summed E-state index contributed by atoms with van der Waals surface area (Å²) in [6.07, 6.45) is -0.180. The molecule has 5 heteroatoms. The van der Waals surface area contributed by atoms with Gasteiger partial charge in [-0.15, -0.1) is 0 Å². The van der Waals surface area contributed by atoms with Crippen molar-refractivity contribution < 1.29 is 14.6 Å². The molecule has 0 saturated heterocycles. The Balaban J connectivity index is 2.46. The molecule has 0 aromatic heterocycles. The van der Waals surface area contributed by atoms with E-state index in [1.54, 1.807) is 7.11 Å². The number of rotatable bonds is 7. The molecule has 0 bridgehead atoms. The molecule has 0 radical (unpaired) electrons. The zero-order valence-electron chi connectivity index (χ0n) is 11.7. The minimum atomic E-state index is -0.969. The number of carbonyl (C=O) groups is 1. The van der Waals surface area contributed by atoms with Crippen LogP contribution in [-0.2, 0) is 0 Å². The lowest BCUT2D eigenvalue weighted by atomic mass is 10.1. The lowest BCUT2D eigenvalue weighted by Gasteiger charge is -2.25. The molecule has 1 rings (SSSR count). The zero-order valence-corrected chi connectivity index (χ0v) is 11.7. The average molecular weight is 266 g/mol. The van der Waals surface area contributed by atoms with Crippen molar-refractivity contribution in [2.75, 3.05) is 27.2 Å². The van der Waals surface area contributed by atoms with Gasteiger partial charge < -0.3 is 15.2 Å². The van der Waals surface area contributed by atoms with Crippen LogP contribution < -0.4 is 10.1 Å². The first-order chi connectivity index (χ1) is 9.04. The number of amides is 1. The van der Waals surface area contributed by atoms with Crippen LogP contribution in [0.4, 0.5) is 4.79 Å². The van der Waals surface area contributed by atoms with Gasteiger partial charge in [-0.25, -0.2) is 4.79 Å². The second-order valence-corrected chi connectivity index (χ2v) is 4.52. The summed E-state index contributed by atoms with van der Waals surface area (Å²) in [7, 11) is 3.69. The summed E-state index contributed by atoms with van der Waals surface area (Å²) in [5.74, 6) is 0.852. The van der Waals surface area contributed by atoms with Crippen molar-refractivity contribution >= 4 is 6.09 Å². The van der Waals surface area contributed by atoms with Crippen LogP contribution in [0.15, 0.2) is 24.3 Å². The number of nitrogens with zero attached hydrogens (tertiary/aromatic N) is 1. The maximum absolute atomic E-state index is 10.3. The van der Waals surface area contributed by atoms with E-state index in [4.69, 9.17) is 9.84 Å². The van der Waals surface area contributed by atoms with Crippen molar-refractivity contribution in [2.24, 2.45) is 0 Å². The summed E-state index contributed by atoms with van der Waals surface area (Å²) in [5.41, 5.74) is 1.19. The monoisotopic (exact) mass is 266 g/mol. The molecule has 1 atom stereocenters. The molecule has 1 amide bonds. The second kappa shape index (κ2) is 7.63. The van der Waals surface area contributed by atoms with Gasteiger partial charge in [0.15, 0.2) is 0 Å². The van der Waals surface area contributed by atoms with Gasteiger partial charge in [-0.1, -0.05) is 12.1 Å². The lowest BCUT2D eigenvalue weighted by molar-refractivity contribution is 0.192. The fourth-order valence-electron chi connectivity index (χ4n) is 1.87. The van der Waals surface area contributed by atoms with E-state index in [-0.39, 0.29) is 6.04 Å². The number of nitrogens with one attached hydrogen (secondary N) is 1. The van der Waals surface area contributed by atoms with E-state index < -0.39 is 6.09 Å². The van der Waals surface area contributed by atoms with Crippen LogP contribution in [0.25, 0.3) is 0 Å². The minimum Gasteiger partial charge on any atom is -0.497 e. The third kappa shape index (κ3) is 5.18. The summed E-state index contributed by atoms with van der Waals surface area (Å²) in [5, 5.41) is 10.9. The highest BCUT2D eigenvalue weighted by molar-refractivity contribution is 5.64. The normalized spacial score (nSPS) is 12.2. The molecule has 0 aliphatic rings. The molecule has 2 N–H and O–H groups in total. The SMILES string of the molecule is COc1cccc(C(C)N(C)CCCNC(=O)O)c1. The number of hydrogen-bond donors (Lipinski definition) is 2. The Morgan fingerprint density at radius 2 is 2.26 bits per heavy atom. The van der Waals surface area contributed by atoms with Crippen LogP contribution in [0.1, 0.15) is 24.9 Å². The highest BCUT2D eigenvalue weighted by Gasteiger charge is 2.11. The van der Waals surface area contributed by atoms with E-state index >= 15 is 0 Å². The number of benzene rings is 1. The second-order valence-electron chi connectivity index (χ2n) is 4.52. The summed E-state index contributed by atoms with van der Waals surface area (Å²) in [6.45, 7) is 3.43. The molecule has 0 heterocycles. The van der Waals surface area contributed by atoms with E-state index in [9.17, 15) is 4.79 Å². The number of ether oxygens (including phenoxy) is 1. The standard InChI is InChI=1S/C14H22N2O3/c1-11(12-6-4-7-13(10-12)19-3)16(2)9-5-8-15-14(17)18/h4,6-7,10-11,15H,5,8-9H2,1-3H3,(H,17,18). The van der Waals surface area contributed by atoms with Crippen LogP contribution in [0.2, 0.25) is 0 Å². The maximum atomic E-state index is 10.3. The third-order valence-corrected chi connectivity index (χ3v) is 3.20. The van der Waals surface area contributed by atoms with Gasteiger partial charge in [-0.3, -0.25) is 4.90 Å². The molecule has 106 valence electrons. The van der Waals surface area contributed by atoms with Gasteiger partial charge in [0, 0.05) is 19.1 Å². The van der Waals surface area contributed by atoms with E-state index in [1.807, 2.05) is 25.2 Å². The highest BCUT2D eigenvalue weighted by Crippen LogP contribution is 2.22. The molecule has 1 aromatic carbocycles. The highest BCUT2D eigenvalue weighted by atomic mass is 16.5. The lowest BCUT2D eigenvalue weighted by Crippen LogP contribution is -2.28. The Hall–Kier alpha value is -1.75. The predicted octanol–water partition coefficient (Wildman–Crippen LogP) is 2.35. The van der Waals surface area contributed by atoms with Crippen LogP contribution in [0.3, 0.4) is 0 Å². The first-order valence-corrected chi connectivity index (χ1v) is 6.35. The molecule has 0 aliphatic carbocycles. The molecule has 0 aliphatic heterocycles. The Labute approximate surface area is 114 Å². The van der Waals surface area contributed by atoms with Crippen LogP contribution in [0, 0.1) is 0 Å². The van der Waals surface area contributed by atoms with Crippen molar-refractivity contribution in [1.29, 1.82) is 0 Å². The molecule has 1 unspecified atom stereocenters. The smallest absolute Gasteiger partial charge is 0.404 e. The van der Waals surface area contributed by atoms with Gasteiger partial charge >= 0.3 is 6.09 Å². The molecule has 5 nitrogen and oxygen atoms in total. The fraction of sp³-hybridized carbons (Fsp3) is 0.500. The Kier molecular flexibility index (Phi) is 6.15. The van der Waals surface area contributed by atoms with Crippen molar-refractivity contribution in [3.05, 3.63) is 29.8 Å². The van der Waals surface area contributed by atoms with Crippen molar-refractivity contribution in [3.63, 3.8) is 0 Å². The van der Waals surface area contributed by atoms with E-state index in [0.29, 0.717) is 6.54 Å². The number of carboxylic acid groups (broad SMARTS) is 1. The summed E-state index contributed by atoms with van der Waals surface area (Å²) >= 11 is 0. The van der Waals surface area contributed by atoms with E-state index in [1.165, 1.54) is 5.56 Å². The summed E-state index contributed by atoms with van der Waals surface area (Å²) < 4.78 is 5.22. The molecule has 0 spiro atoms. The van der Waals surface area contributed by atoms with E-state index in [0.717, 1.165) is 18.7 Å². The fourth-order valence-corrected chi connectivity index (χ4v) is 1.87. The molecular formula is C14H22N2O3. The number of methoxy groups -OCH3 is 1. The molecular weight excluding hydrogens is 244 g/mol. The van der Waals surface area contributed by atoms with Crippen LogP contribution >= 0.6 is 0 Å². The molecule has 0 fully saturated rings. The maximum Gasteiger partial charge on any atom is 0.404 e. The molecule has 0 saturated carbocycles. The van der Waals surface area contributed by atoms with E-state index in [2.05, 4.69) is 23.2 Å². The van der Waals surface area contributed by atoms with Crippen LogP contribution in [0.5, 0.6) is 5.75 Å². The largest absolute Gasteiger partial charge is 0.497 e. The molecule has 1 aromatic rings. The first-order valence-electron chi connectivity index (χ1n) is 6.35. The summed E-state index contributed by atoms with van der Waals surface area (Å²) in [4.78, 5) is 12.5. The van der Waals surface area contributed by atoms with Gasteiger partial charge in [-0.05, 0) is 38.1 Å². The van der Waals surface area contributed by atoms with Crippen LogP contribution in [-0.4, -0.2) is 43.3 Å².